The summed E-state index contributed by atoms with van der Waals surface area (Å²) in [6.07, 6.45) is 1.40. The first kappa shape index (κ1) is 18.3. The van der Waals surface area contributed by atoms with Gasteiger partial charge in [-0.25, -0.2) is 0 Å². The average Bonchev–Trinajstić information content (AvgIpc) is 3.18. The van der Waals surface area contributed by atoms with Gasteiger partial charge in [0.2, 0.25) is 6.79 Å². The molecule has 0 unspecified atom stereocenters. The summed E-state index contributed by atoms with van der Waals surface area (Å²) in [5, 5.41) is 2.09. The van der Waals surface area contributed by atoms with E-state index in [1.165, 1.54) is 5.56 Å². The summed E-state index contributed by atoms with van der Waals surface area (Å²) in [7, 11) is 2.05. The molecule has 1 aliphatic heterocycles. The summed E-state index contributed by atoms with van der Waals surface area (Å²) in [5.41, 5.74) is 8.50. The smallest absolute Gasteiger partial charge is 0.231 e. The van der Waals surface area contributed by atoms with Gasteiger partial charge in [-0.05, 0) is 60.1 Å². The highest BCUT2D eigenvalue weighted by Gasteiger charge is 2.14. The van der Waals surface area contributed by atoms with E-state index in [0.29, 0.717) is 13.2 Å². The van der Waals surface area contributed by atoms with Gasteiger partial charge in [0.15, 0.2) is 17.3 Å². The van der Waals surface area contributed by atoms with Gasteiger partial charge in [0.25, 0.3) is 0 Å². The van der Waals surface area contributed by atoms with Crippen molar-refractivity contribution < 1.29 is 14.3 Å². The number of anilines is 1. The SMILES string of the molecule is CN(CCC(=O)c1ccc2cc(N)ccc2c1)CCc1ccc2c(c1)OCO2. The van der Waals surface area contributed by atoms with Crippen LogP contribution in [-0.2, 0) is 6.42 Å². The Bertz CT molecular complexity index is 1020. The molecule has 0 atom stereocenters. The largest absolute Gasteiger partial charge is 0.454 e. The van der Waals surface area contributed by atoms with Gasteiger partial charge in [-0.15, -0.1) is 0 Å². The molecule has 0 saturated carbocycles. The molecule has 0 saturated heterocycles. The summed E-state index contributed by atoms with van der Waals surface area (Å²) in [4.78, 5) is 14.8. The summed E-state index contributed by atoms with van der Waals surface area (Å²) >= 11 is 0. The number of ketones is 1. The molecular formula is C23H24N2O3. The quantitative estimate of drug-likeness (QED) is 0.500. The second-order valence-corrected chi connectivity index (χ2v) is 7.24. The Balaban J connectivity index is 1.30. The van der Waals surface area contributed by atoms with Crippen molar-refractivity contribution in [2.24, 2.45) is 0 Å². The van der Waals surface area contributed by atoms with Crippen molar-refractivity contribution in [2.45, 2.75) is 12.8 Å². The van der Waals surface area contributed by atoms with E-state index >= 15 is 0 Å². The summed E-state index contributed by atoms with van der Waals surface area (Å²) in [6.45, 7) is 1.90. The van der Waals surface area contributed by atoms with Crippen LogP contribution in [0.15, 0.2) is 54.6 Å². The number of nitrogen functional groups attached to an aromatic ring is 1. The van der Waals surface area contributed by atoms with Gasteiger partial charge in [-0.2, -0.15) is 0 Å². The van der Waals surface area contributed by atoms with Crippen LogP contribution >= 0.6 is 0 Å². The number of hydrogen-bond donors (Lipinski definition) is 1. The average molecular weight is 376 g/mol. The third-order valence-electron chi connectivity index (χ3n) is 5.13. The number of likely N-dealkylation sites (N-methyl/N-ethyl adjacent to an activating group) is 1. The number of Topliss-reactive ketones (excluding diaryl/α,β-unsaturated/α-hetero) is 1. The van der Waals surface area contributed by atoms with E-state index in [2.05, 4.69) is 11.0 Å². The summed E-state index contributed by atoms with van der Waals surface area (Å²) in [6, 6.07) is 17.6. The minimum absolute atomic E-state index is 0.161. The number of carbonyl (C=O) groups is 1. The maximum absolute atomic E-state index is 12.6. The molecule has 0 amide bonds. The number of nitrogens with zero attached hydrogens (tertiary/aromatic N) is 1. The Kier molecular flexibility index (Phi) is 5.17. The zero-order chi connectivity index (χ0) is 19.5. The molecule has 0 bridgehead atoms. The standard InChI is InChI=1S/C23H24N2O3/c1-25(10-8-16-2-7-22-23(12-16)28-15-27-22)11-9-21(26)19-4-3-18-14-20(24)6-5-17(18)13-19/h2-7,12-14H,8-11,15,24H2,1H3. The molecule has 0 aliphatic carbocycles. The van der Waals surface area contributed by atoms with E-state index in [4.69, 9.17) is 15.2 Å². The van der Waals surface area contributed by atoms with Crippen molar-refractivity contribution in [1.82, 2.24) is 4.90 Å². The molecule has 0 aromatic heterocycles. The normalized spacial score (nSPS) is 12.6. The minimum Gasteiger partial charge on any atom is -0.454 e. The van der Waals surface area contributed by atoms with Crippen molar-refractivity contribution >= 4 is 22.2 Å². The third-order valence-corrected chi connectivity index (χ3v) is 5.13. The van der Waals surface area contributed by atoms with Gasteiger partial charge >= 0.3 is 0 Å². The fourth-order valence-corrected chi connectivity index (χ4v) is 3.40. The highest BCUT2D eigenvalue weighted by atomic mass is 16.7. The van der Waals surface area contributed by atoms with Crippen LogP contribution in [0.5, 0.6) is 11.5 Å². The zero-order valence-corrected chi connectivity index (χ0v) is 16.0. The van der Waals surface area contributed by atoms with Gasteiger partial charge < -0.3 is 20.1 Å². The number of benzene rings is 3. The van der Waals surface area contributed by atoms with E-state index in [1.54, 1.807) is 0 Å². The Morgan fingerprint density at radius 1 is 0.964 bits per heavy atom. The monoisotopic (exact) mass is 376 g/mol. The molecule has 0 radical (unpaired) electrons. The maximum atomic E-state index is 12.6. The number of ether oxygens (including phenoxy) is 2. The lowest BCUT2D eigenvalue weighted by Gasteiger charge is -2.16. The van der Waals surface area contributed by atoms with Gasteiger partial charge in [-0.3, -0.25) is 4.79 Å². The second kappa shape index (κ2) is 7.90. The fourth-order valence-electron chi connectivity index (χ4n) is 3.40. The predicted molar refractivity (Wildman–Crippen MR) is 111 cm³/mol. The molecular weight excluding hydrogens is 352 g/mol. The van der Waals surface area contributed by atoms with Gasteiger partial charge in [-0.1, -0.05) is 24.3 Å². The van der Waals surface area contributed by atoms with Gasteiger partial charge in [0.05, 0.1) is 0 Å². The first-order valence-corrected chi connectivity index (χ1v) is 9.48. The molecule has 5 heteroatoms. The van der Waals surface area contributed by atoms with Crippen LogP contribution in [0.3, 0.4) is 0 Å². The van der Waals surface area contributed by atoms with Crippen molar-refractivity contribution in [1.29, 1.82) is 0 Å². The first-order valence-electron chi connectivity index (χ1n) is 9.48. The second-order valence-electron chi connectivity index (χ2n) is 7.24. The molecule has 5 nitrogen and oxygen atoms in total. The van der Waals surface area contributed by atoms with E-state index in [0.717, 1.165) is 53.0 Å². The lowest BCUT2D eigenvalue weighted by Crippen LogP contribution is -2.24. The van der Waals surface area contributed by atoms with Crippen LogP contribution in [0.4, 0.5) is 5.69 Å². The molecule has 1 heterocycles. The zero-order valence-electron chi connectivity index (χ0n) is 16.0. The number of nitrogens with two attached hydrogens (primary N) is 1. The highest BCUT2D eigenvalue weighted by Crippen LogP contribution is 2.32. The van der Waals surface area contributed by atoms with Crippen molar-refractivity contribution in [2.75, 3.05) is 32.7 Å². The molecule has 0 fully saturated rings. The van der Waals surface area contributed by atoms with E-state index in [1.807, 2.05) is 55.6 Å². The first-order chi connectivity index (χ1) is 13.6. The number of rotatable bonds is 7. The number of hydrogen-bond acceptors (Lipinski definition) is 5. The molecule has 2 N–H and O–H groups in total. The van der Waals surface area contributed by atoms with Crippen LogP contribution in [0.1, 0.15) is 22.3 Å². The Labute approximate surface area is 164 Å². The third kappa shape index (κ3) is 4.10. The summed E-state index contributed by atoms with van der Waals surface area (Å²) < 4.78 is 10.8. The Hall–Kier alpha value is -3.05. The van der Waals surface area contributed by atoms with Crippen LogP contribution in [0, 0.1) is 0 Å². The predicted octanol–water partition coefficient (Wildman–Crippen LogP) is 3.90. The summed E-state index contributed by atoms with van der Waals surface area (Å²) in [5.74, 6) is 1.78. The molecule has 1 aliphatic rings. The Morgan fingerprint density at radius 3 is 2.64 bits per heavy atom. The number of carbonyl (C=O) groups excluding carboxylic acids is 1. The lowest BCUT2D eigenvalue weighted by molar-refractivity contribution is 0.0969. The van der Waals surface area contributed by atoms with Crippen molar-refractivity contribution in [3.63, 3.8) is 0 Å². The highest BCUT2D eigenvalue weighted by molar-refractivity contribution is 6.00. The molecule has 144 valence electrons. The number of fused-ring (bicyclic) bond motifs is 2. The Morgan fingerprint density at radius 2 is 1.75 bits per heavy atom. The molecule has 28 heavy (non-hydrogen) atoms. The van der Waals surface area contributed by atoms with Gasteiger partial charge in [0, 0.05) is 30.8 Å². The maximum Gasteiger partial charge on any atom is 0.231 e. The van der Waals surface area contributed by atoms with Crippen LogP contribution in [-0.4, -0.2) is 37.6 Å². The van der Waals surface area contributed by atoms with E-state index in [-0.39, 0.29) is 5.78 Å². The van der Waals surface area contributed by atoms with Gasteiger partial charge in [0.1, 0.15) is 0 Å². The topological polar surface area (TPSA) is 64.8 Å². The van der Waals surface area contributed by atoms with Crippen LogP contribution < -0.4 is 15.2 Å². The van der Waals surface area contributed by atoms with E-state index < -0.39 is 0 Å². The molecule has 0 spiro atoms. The van der Waals surface area contributed by atoms with Crippen molar-refractivity contribution in [3.05, 3.63) is 65.7 Å². The fraction of sp³-hybridized carbons (Fsp3) is 0.261. The minimum atomic E-state index is 0.161. The van der Waals surface area contributed by atoms with Crippen LogP contribution in [0.25, 0.3) is 10.8 Å². The molecule has 4 rings (SSSR count). The lowest BCUT2D eigenvalue weighted by atomic mass is 10.0. The van der Waals surface area contributed by atoms with Crippen LogP contribution in [0.2, 0.25) is 0 Å². The van der Waals surface area contributed by atoms with Crippen molar-refractivity contribution in [3.8, 4) is 11.5 Å². The molecule has 3 aromatic carbocycles. The molecule has 3 aromatic rings. The van der Waals surface area contributed by atoms with E-state index in [9.17, 15) is 4.79 Å².